The number of fused-ring (bicyclic) bond motifs is 1. The number of imidazole rings is 1. The highest BCUT2D eigenvalue weighted by Gasteiger charge is 2.23. The van der Waals surface area contributed by atoms with E-state index in [-0.39, 0.29) is 5.75 Å². The Kier molecular flexibility index (Phi) is 3.53. The maximum atomic E-state index is 12.1. The zero-order valence-electron chi connectivity index (χ0n) is 11.7. The maximum absolute atomic E-state index is 12.1. The molecule has 1 atom stereocenters. The van der Waals surface area contributed by atoms with Crippen LogP contribution in [-0.2, 0) is 6.54 Å². The van der Waals surface area contributed by atoms with Crippen molar-refractivity contribution in [2.24, 2.45) is 0 Å². The number of nitrogens with zero attached hydrogens (tertiary/aromatic N) is 2. The minimum Gasteiger partial charge on any atom is -0.435 e. The van der Waals surface area contributed by atoms with Gasteiger partial charge in [0, 0.05) is 18.0 Å². The largest absolute Gasteiger partial charge is 0.435 e. The summed E-state index contributed by atoms with van der Waals surface area (Å²) in [6.07, 6.45) is 2.20. The number of ether oxygens (including phenoxy) is 1. The van der Waals surface area contributed by atoms with Crippen molar-refractivity contribution in [3.8, 4) is 17.0 Å². The normalized spacial score (nSPS) is 17.8. The molecule has 0 amide bonds. The highest BCUT2D eigenvalue weighted by Crippen LogP contribution is 2.34. The quantitative estimate of drug-likeness (QED) is 0.940. The number of alkyl halides is 2. The molecule has 0 fully saturated rings. The first-order valence-electron chi connectivity index (χ1n) is 6.97. The molecule has 4 nitrogen and oxygen atoms in total. The average Bonchev–Trinajstić information content (AvgIpc) is 2.78. The van der Waals surface area contributed by atoms with Crippen LogP contribution in [-0.4, -0.2) is 16.2 Å². The summed E-state index contributed by atoms with van der Waals surface area (Å²) >= 11 is 0. The second-order valence-electron chi connectivity index (χ2n) is 5.30. The van der Waals surface area contributed by atoms with Crippen LogP contribution in [0.3, 0.4) is 0 Å². The van der Waals surface area contributed by atoms with Crippen molar-refractivity contribution in [1.82, 2.24) is 9.55 Å². The first kappa shape index (κ1) is 13.9. The molecule has 0 saturated heterocycles. The molecule has 2 N–H and O–H groups in total. The molecule has 1 unspecified atom stereocenters. The molecule has 0 aliphatic carbocycles. The standard InChI is InChI=1S/C15H17F2N3O/c1-9-3-2-8-20-13(18)12(19-14(9)20)10-4-6-11(7-5-10)21-15(16)17/h4-7,9,15H,2-3,8,18H2,1H3. The summed E-state index contributed by atoms with van der Waals surface area (Å²) in [5, 5.41) is 0. The molecular formula is C15H17F2N3O. The molecular weight excluding hydrogens is 276 g/mol. The minimum absolute atomic E-state index is 0.129. The van der Waals surface area contributed by atoms with Gasteiger partial charge in [0.1, 0.15) is 23.1 Å². The molecule has 0 spiro atoms. The van der Waals surface area contributed by atoms with Gasteiger partial charge in [0.05, 0.1) is 0 Å². The van der Waals surface area contributed by atoms with Crippen molar-refractivity contribution in [1.29, 1.82) is 0 Å². The highest BCUT2D eigenvalue weighted by molar-refractivity contribution is 5.71. The van der Waals surface area contributed by atoms with Crippen LogP contribution >= 0.6 is 0 Å². The molecule has 1 aliphatic heterocycles. The topological polar surface area (TPSA) is 53.1 Å². The third kappa shape index (κ3) is 2.57. The van der Waals surface area contributed by atoms with Gasteiger partial charge in [-0.1, -0.05) is 6.92 Å². The SMILES string of the molecule is CC1CCCn2c1nc(-c1ccc(OC(F)F)cc1)c2N. The predicted molar refractivity (Wildman–Crippen MR) is 76.4 cm³/mol. The van der Waals surface area contributed by atoms with Crippen molar-refractivity contribution >= 4 is 5.82 Å². The van der Waals surface area contributed by atoms with Gasteiger partial charge in [-0.3, -0.25) is 0 Å². The van der Waals surface area contributed by atoms with Crippen LogP contribution in [0.5, 0.6) is 5.75 Å². The van der Waals surface area contributed by atoms with Gasteiger partial charge >= 0.3 is 6.61 Å². The van der Waals surface area contributed by atoms with E-state index < -0.39 is 6.61 Å². The first-order valence-corrected chi connectivity index (χ1v) is 6.97. The van der Waals surface area contributed by atoms with E-state index in [2.05, 4.69) is 16.6 Å². The number of benzene rings is 1. The molecule has 0 bridgehead atoms. The summed E-state index contributed by atoms with van der Waals surface area (Å²) < 4.78 is 30.7. The fourth-order valence-corrected chi connectivity index (χ4v) is 2.79. The van der Waals surface area contributed by atoms with Crippen LogP contribution in [0, 0.1) is 0 Å². The zero-order valence-corrected chi connectivity index (χ0v) is 11.7. The fraction of sp³-hybridized carbons (Fsp3) is 0.400. The summed E-state index contributed by atoms with van der Waals surface area (Å²) in [6.45, 7) is 0.202. The Hall–Kier alpha value is -2.11. The van der Waals surface area contributed by atoms with E-state index in [1.165, 1.54) is 12.1 Å². The van der Waals surface area contributed by atoms with Gasteiger partial charge in [0.2, 0.25) is 0 Å². The summed E-state index contributed by atoms with van der Waals surface area (Å²) in [5.74, 6) is 2.15. The van der Waals surface area contributed by atoms with E-state index in [1.54, 1.807) is 12.1 Å². The van der Waals surface area contributed by atoms with Gasteiger partial charge in [0.15, 0.2) is 0 Å². The molecule has 2 heterocycles. The van der Waals surface area contributed by atoms with Crippen molar-refractivity contribution < 1.29 is 13.5 Å². The molecule has 1 aliphatic rings. The third-order valence-corrected chi connectivity index (χ3v) is 3.85. The molecule has 21 heavy (non-hydrogen) atoms. The van der Waals surface area contributed by atoms with Gasteiger partial charge in [-0.15, -0.1) is 0 Å². The second-order valence-corrected chi connectivity index (χ2v) is 5.30. The van der Waals surface area contributed by atoms with Gasteiger partial charge in [-0.25, -0.2) is 4.98 Å². The summed E-state index contributed by atoms with van der Waals surface area (Å²) in [7, 11) is 0. The van der Waals surface area contributed by atoms with Crippen molar-refractivity contribution in [2.45, 2.75) is 38.8 Å². The number of hydrogen-bond acceptors (Lipinski definition) is 3. The van der Waals surface area contributed by atoms with E-state index in [0.717, 1.165) is 30.8 Å². The number of halogens is 2. The number of aromatic nitrogens is 2. The number of nitrogen functional groups attached to an aromatic ring is 1. The smallest absolute Gasteiger partial charge is 0.387 e. The molecule has 112 valence electrons. The van der Waals surface area contributed by atoms with E-state index in [1.807, 2.05) is 4.57 Å². The van der Waals surface area contributed by atoms with Gasteiger partial charge < -0.3 is 15.0 Å². The number of nitrogens with two attached hydrogens (primary N) is 1. The van der Waals surface area contributed by atoms with Crippen LogP contribution in [0.4, 0.5) is 14.6 Å². The minimum atomic E-state index is -2.82. The van der Waals surface area contributed by atoms with Crippen molar-refractivity contribution in [2.75, 3.05) is 5.73 Å². The predicted octanol–water partition coefficient (Wildman–Crippen LogP) is 3.63. The van der Waals surface area contributed by atoms with Crippen LogP contribution in [0.25, 0.3) is 11.3 Å². The monoisotopic (exact) mass is 293 g/mol. The molecule has 1 aromatic heterocycles. The number of anilines is 1. The lowest BCUT2D eigenvalue weighted by atomic mass is 10.0. The Labute approximate surface area is 121 Å². The van der Waals surface area contributed by atoms with E-state index in [9.17, 15) is 8.78 Å². The second kappa shape index (κ2) is 5.35. The van der Waals surface area contributed by atoms with Gasteiger partial charge in [-0.05, 0) is 37.1 Å². The molecule has 0 saturated carbocycles. The summed E-state index contributed by atoms with van der Waals surface area (Å²) in [5.41, 5.74) is 7.71. The Morgan fingerprint density at radius 3 is 2.67 bits per heavy atom. The van der Waals surface area contributed by atoms with E-state index >= 15 is 0 Å². The fourth-order valence-electron chi connectivity index (χ4n) is 2.79. The zero-order chi connectivity index (χ0) is 15.0. The Morgan fingerprint density at radius 1 is 1.33 bits per heavy atom. The van der Waals surface area contributed by atoms with Gasteiger partial charge in [-0.2, -0.15) is 8.78 Å². The highest BCUT2D eigenvalue weighted by atomic mass is 19.3. The average molecular weight is 293 g/mol. The summed E-state index contributed by atoms with van der Waals surface area (Å²) in [4.78, 5) is 4.64. The van der Waals surface area contributed by atoms with Crippen LogP contribution in [0.2, 0.25) is 0 Å². The first-order chi connectivity index (χ1) is 10.1. The molecule has 2 aromatic rings. The Balaban J connectivity index is 1.94. The molecule has 3 rings (SSSR count). The lowest BCUT2D eigenvalue weighted by Gasteiger charge is -2.20. The third-order valence-electron chi connectivity index (χ3n) is 3.85. The van der Waals surface area contributed by atoms with E-state index in [0.29, 0.717) is 17.4 Å². The van der Waals surface area contributed by atoms with Crippen LogP contribution in [0.1, 0.15) is 31.5 Å². The lowest BCUT2D eigenvalue weighted by Crippen LogP contribution is -2.15. The van der Waals surface area contributed by atoms with Gasteiger partial charge in [0.25, 0.3) is 0 Å². The van der Waals surface area contributed by atoms with Crippen LogP contribution in [0.15, 0.2) is 24.3 Å². The Bertz CT molecular complexity index is 637. The van der Waals surface area contributed by atoms with Crippen molar-refractivity contribution in [3.63, 3.8) is 0 Å². The summed E-state index contributed by atoms with van der Waals surface area (Å²) in [6, 6.07) is 6.41. The molecule has 1 aromatic carbocycles. The molecule has 6 heteroatoms. The number of hydrogen-bond donors (Lipinski definition) is 1. The van der Waals surface area contributed by atoms with Crippen molar-refractivity contribution in [3.05, 3.63) is 30.1 Å². The van der Waals surface area contributed by atoms with Crippen LogP contribution < -0.4 is 10.5 Å². The maximum Gasteiger partial charge on any atom is 0.387 e. The van der Waals surface area contributed by atoms with E-state index in [4.69, 9.17) is 5.73 Å². The molecule has 0 radical (unpaired) electrons. The number of rotatable bonds is 3. The Morgan fingerprint density at radius 2 is 2.05 bits per heavy atom. The lowest BCUT2D eigenvalue weighted by molar-refractivity contribution is -0.0498.